The van der Waals surface area contributed by atoms with Crippen LogP contribution in [0.25, 0.3) is 0 Å². The highest BCUT2D eigenvalue weighted by atomic mass is 16.5. The average molecular weight is 202 g/mol. The highest BCUT2D eigenvalue weighted by molar-refractivity contribution is 5.64. The van der Waals surface area contributed by atoms with Crippen LogP contribution in [0.2, 0.25) is 0 Å². The molecule has 0 fully saturated rings. The molecule has 0 radical (unpaired) electrons. The van der Waals surface area contributed by atoms with Crippen LogP contribution < -0.4 is 11.1 Å². The fourth-order valence-corrected chi connectivity index (χ4v) is 1.20. The third-order valence-electron chi connectivity index (χ3n) is 1.98. The van der Waals surface area contributed by atoms with Crippen molar-refractivity contribution in [2.24, 2.45) is 5.73 Å². The Morgan fingerprint density at radius 3 is 2.57 bits per heavy atom. The minimum absolute atomic E-state index is 0.365. The van der Waals surface area contributed by atoms with E-state index in [1.807, 2.05) is 0 Å². The Morgan fingerprint density at radius 1 is 1.21 bits per heavy atom. The molecule has 84 valence electrons. The quantitative estimate of drug-likeness (QED) is 0.559. The van der Waals surface area contributed by atoms with Gasteiger partial charge in [-0.2, -0.15) is 0 Å². The van der Waals surface area contributed by atoms with Gasteiger partial charge in [-0.3, -0.25) is 0 Å². The molecule has 0 aromatic carbocycles. The predicted octanol–water partition coefficient (Wildman–Crippen LogP) is 1.64. The lowest BCUT2D eigenvalue weighted by Crippen LogP contribution is -2.24. The molecule has 0 rings (SSSR count). The molecule has 0 heterocycles. The maximum Gasteiger partial charge on any atom is 0.404 e. The monoisotopic (exact) mass is 202 g/mol. The normalized spacial score (nSPS) is 10.1. The van der Waals surface area contributed by atoms with Crippen molar-refractivity contribution in [3.8, 4) is 0 Å². The van der Waals surface area contributed by atoms with Crippen molar-refractivity contribution >= 4 is 6.09 Å². The van der Waals surface area contributed by atoms with Crippen LogP contribution >= 0.6 is 0 Å². The Morgan fingerprint density at radius 2 is 1.93 bits per heavy atom. The largest absolute Gasteiger partial charge is 0.448 e. The van der Waals surface area contributed by atoms with E-state index >= 15 is 0 Å². The van der Waals surface area contributed by atoms with E-state index in [0.29, 0.717) is 13.2 Å². The van der Waals surface area contributed by atoms with Crippen LogP contribution in [-0.2, 0) is 4.74 Å². The van der Waals surface area contributed by atoms with Gasteiger partial charge in [-0.05, 0) is 13.0 Å². The van der Waals surface area contributed by atoms with E-state index in [-0.39, 0.29) is 0 Å². The Balaban J connectivity index is 2.88. The molecular weight excluding hydrogens is 180 g/mol. The van der Waals surface area contributed by atoms with Crippen LogP contribution in [0.3, 0.4) is 0 Å². The third kappa shape index (κ3) is 11.2. The van der Waals surface area contributed by atoms with Gasteiger partial charge in [-0.25, -0.2) is 4.79 Å². The van der Waals surface area contributed by atoms with Gasteiger partial charge in [0.05, 0.1) is 0 Å². The number of ether oxygens (including phenoxy) is 1. The van der Waals surface area contributed by atoms with Crippen LogP contribution in [0.1, 0.15) is 39.0 Å². The zero-order valence-corrected chi connectivity index (χ0v) is 9.05. The van der Waals surface area contributed by atoms with Crippen molar-refractivity contribution in [2.75, 3.05) is 19.7 Å². The second-order valence-corrected chi connectivity index (χ2v) is 3.33. The molecule has 0 unspecified atom stereocenters. The van der Waals surface area contributed by atoms with Crippen LogP contribution in [-0.4, -0.2) is 25.8 Å². The summed E-state index contributed by atoms with van der Waals surface area (Å²) >= 11 is 0. The fraction of sp³-hybridized carbons (Fsp3) is 0.900. The standard InChI is InChI=1S/C10H22N2O2/c1-2-3-4-5-6-7-12-8-9-14-10(11)13/h12H,2-9H2,1H3,(H2,11,13). The third-order valence-corrected chi connectivity index (χ3v) is 1.98. The van der Waals surface area contributed by atoms with E-state index in [9.17, 15) is 4.79 Å². The summed E-state index contributed by atoms with van der Waals surface area (Å²) in [6.45, 7) is 4.26. The predicted molar refractivity (Wildman–Crippen MR) is 57.2 cm³/mol. The Labute approximate surface area is 86.2 Å². The summed E-state index contributed by atoms with van der Waals surface area (Å²) in [5.74, 6) is 0. The summed E-state index contributed by atoms with van der Waals surface area (Å²) in [5, 5.41) is 3.18. The average Bonchev–Trinajstić information content (AvgIpc) is 2.15. The lowest BCUT2D eigenvalue weighted by atomic mass is 10.1. The van der Waals surface area contributed by atoms with Gasteiger partial charge in [0.2, 0.25) is 0 Å². The van der Waals surface area contributed by atoms with Crippen molar-refractivity contribution < 1.29 is 9.53 Å². The second-order valence-electron chi connectivity index (χ2n) is 3.33. The van der Waals surface area contributed by atoms with Crippen molar-refractivity contribution in [3.05, 3.63) is 0 Å². The molecule has 0 saturated heterocycles. The zero-order valence-electron chi connectivity index (χ0n) is 9.05. The lowest BCUT2D eigenvalue weighted by Gasteiger charge is -2.04. The van der Waals surface area contributed by atoms with Gasteiger partial charge in [0.15, 0.2) is 0 Å². The number of hydrogen-bond donors (Lipinski definition) is 2. The maximum absolute atomic E-state index is 10.2. The molecule has 0 bridgehead atoms. The first-order chi connectivity index (χ1) is 6.77. The molecule has 1 amide bonds. The zero-order chi connectivity index (χ0) is 10.6. The summed E-state index contributed by atoms with van der Waals surface area (Å²) in [6, 6.07) is 0. The number of nitrogens with one attached hydrogen (secondary N) is 1. The fourth-order valence-electron chi connectivity index (χ4n) is 1.20. The molecule has 0 spiro atoms. The molecule has 0 aliphatic heterocycles. The molecule has 4 nitrogen and oxygen atoms in total. The molecule has 0 aromatic heterocycles. The molecule has 0 atom stereocenters. The van der Waals surface area contributed by atoms with E-state index in [1.165, 1.54) is 32.1 Å². The first kappa shape index (κ1) is 13.2. The number of nitrogens with two attached hydrogens (primary N) is 1. The van der Waals surface area contributed by atoms with Gasteiger partial charge in [0.1, 0.15) is 6.61 Å². The molecule has 0 aliphatic carbocycles. The van der Waals surface area contributed by atoms with Crippen LogP contribution in [0, 0.1) is 0 Å². The number of hydrogen-bond acceptors (Lipinski definition) is 3. The molecule has 0 aliphatic rings. The molecule has 0 aromatic rings. The van der Waals surface area contributed by atoms with E-state index in [1.54, 1.807) is 0 Å². The molecule has 3 N–H and O–H groups in total. The minimum Gasteiger partial charge on any atom is -0.448 e. The van der Waals surface area contributed by atoms with E-state index in [0.717, 1.165) is 6.54 Å². The number of amides is 1. The van der Waals surface area contributed by atoms with Gasteiger partial charge in [-0.15, -0.1) is 0 Å². The topological polar surface area (TPSA) is 64.3 Å². The maximum atomic E-state index is 10.2. The lowest BCUT2D eigenvalue weighted by molar-refractivity contribution is 0.157. The van der Waals surface area contributed by atoms with Gasteiger partial charge in [0.25, 0.3) is 0 Å². The summed E-state index contributed by atoms with van der Waals surface area (Å²) in [4.78, 5) is 10.2. The Hall–Kier alpha value is -0.770. The van der Waals surface area contributed by atoms with E-state index < -0.39 is 6.09 Å². The number of rotatable bonds is 9. The number of unbranched alkanes of at least 4 members (excludes halogenated alkanes) is 4. The number of carbonyl (C=O) groups is 1. The first-order valence-electron chi connectivity index (χ1n) is 5.40. The van der Waals surface area contributed by atoms with E-state index in [2.05, 4.69) is 17.0 Å². The van der Waals surface area contributed by atoms with Crippen molar-refractivity contribution in [1.82, 2.24) is 5.32 Å². The van der Waals surface area contributed by atoms with Crippen molar-refractivity contribution in [3.63, 3.8) is 0 Å². The van der Waals surface area contributed by atoms with Crippen LogP contribution in [0.15, 0.2) is 0 Å². The van der Waals surface area contributed by atoms with Crippen molar-refractivity contribution in [2.45, 2.75) is 39.0 Å². The van der Waals surface area contributed by atoms with Crippen molar-refractivity contribution in [1.29, 1.82) is 0 Å². The Kier molecular flexibility index (Phi) is 9.74. The van der Waals surface area contributed by atoms with Gasteiger partial charge in [-0.1, -0.05) is 32.6 Å². The first-order valence-corrected chi connectivity index (χ1v) is 5.40. The summed E-state index contributed by atoms with van der Waals surface area (Å²) in [7, 11) is 0. The minimum atomic E-state index is -0.699. The van der Waals surface area contributed by atoms with Gasteiger partial charge >= 0.3 is 6.09 Å². The highest BCUT2D eigenvalue weighted by Crippen LogP contribution is 2.00. The summed E-state index contributed by atoms with van der Waals surface area (Å²) in [5.41, 5.74) is 4.80. The Bertz CT molecular complexity index is 140. The molecular formula is C10H22N2O2. The SMILES string of the molecule is CCCCCCCNCCOC(N)=O. The number of primary amides is 1. The summed E-state index contributed by atoms with van der Waals surface area (Å²) in [6.07, 6.45) is 5.68. The second kappa shape index (κ2) is 10.3. The van der Waals surface area contributed by atoms with E-state index in [4.69, 9.17) is 5.73 Å². The van der Waals surface area contributed by atoms with Gasteiger partial charge < -0.3 is 15.8 Å². The molecule has 0 saturated carbocycles. The molecule has 14 heavy (non-hydrogen) atoms. The van der Waals surface area contributed by atoms with Crippen LogP contribution in [0.4, 0.5) is 4.79 Å². The summed E-state index contributed by atoms with van der Waals surface area (Å²) < 4.78 is 4.56. The van der Waals surface area contributed by atoms with Gasteiger partial charge in [0, 0.05) is 6.54 Å². The smallest absolute Gasteiger partial charge is 0.404 e. The number of carbonyl (C=O) groups excluding carboxylic acids is 1. The molecule has 4 heteroatoms. The van der Waals surface area contributed by atoms with Crippen LogP contribution in [0.5, 0.6) is 0 Å². The highest BCUT2D eigenvalue weighted by Gasteiger charge is 1.92.